The number of hydrogen-bond acceptors (Lipinski definition) is 7. The van der Waals surface area contributed by atoms with Gasteiger partial charge in [-0.2, -0.15) is 18.2 Å². The number of aliphatic hydroxyl groups excluding tert-OH is 1. The summed E-state index contributed by atoms with van der Waals surface area (Å²) in [6.45, 7) is 0.535. The number of β-amino-alcohol motifs (C(OH)–C–C–N with tert-alkyl or cyclic N) is 1. The fraction of sp³-hybridized carbons (Fsp3) is 0.259. The highest BCUT2D eigenvalue weighted by atomic mass is 19.4. The van der Waals surface area contributed by atoms with Gasteiger partial charge >= 0.3 is 6.18 Å². The highest BCUT2D eigenvalue weighted by Crippen LogP contribution is 2.31. The second-order valence-corrected chi connectivity index (χ2v) is 9.24. The van der Waals surface area contributed by atoms with E-state index >= 15 is 0 Å². The zero-order valence-electron chi connectivity index (χ0n) is 21.3. The number of amides is 2. The lowest BCUT2D eigenvalue weighted by molar-refractivity contribution is -0.153. The van der Waals surface area contributed by atoms with Crippen LogP contribution >= 0.6 is 0 Å². The van der Waals surface area contributed by atoms with Crippen molar-refractivity contribution >= 4 is 34.8 Å². The molecule has 40 heavy (non-hydrogen) atoms. The van der Waals surface area contributed by atoms with Gasteiger partial charge in [-0.15, -0.1) is 5.10 Å². The molecule has 1 saturated heterocycles. The van der Waals surface area contributed by atoms with Gasteiger partial charge < -0.3 is 25.4 Å². The van der Waals surface area contributed by atoms with Crippen LogP contribution < -0.4 is 15.4 Å². The molecule has 0 atom stereocenters. The van der Waals surface area contributed by atoms with Gasteiger partial charge in [0.05, 0.1) is 11.8 Å². The number of aliphatic hydroxyl groups is 1. The number of halogens is 3. The maximum absolute atomic E-state index is 12.9. The summed E-state index contributed by atoms with van der Waals surface area (Å²) in [5, 5.41) is 19.5. The lowest BCUT2D eigenvalue weighted by Crippen LogP contribution is -2.53. The molecule has 0 aliphatic carbocycles. The normalized spacial score (nSPS) is 13.7. The minimum absolute atomic E-state index is 0.0824. The van der Waals surface area contributed by atoms with Gasteiger partial charge in [0.15, 0.2) is 12.3 Å². The molecule has 0 saturated carbocycles. The van der Waals surface area contributed by atoms with Crippen molar-refractivity contribution in [2.24, 2.45) is 0 Å². The number of aromatic nitrogens is 3. The van der Waals surface area contributed by atoms with Gasteiger partial charge in [-0.3, -0.25) is 9.59 Å². The van der Waals surface area contributed by atoms with Crippen molar-refractivity contribution in [3.63, 3.8) is 0 Å². The van der Waals surface area contributed by atoms with Crippen LogP contribution in [-0.2, 0) is 4.79 Å². The molecule has 2 aromatic heterocycles. The topological polar surface area (TPSA) is 121 Å². The molecule has 3 heterocycles. The van der Waals surface area contributed by atoms with Crippen LogP contribution in [0.4, 0.5) is 30.5 Å². The van der Waals surface area contributed by atoms with Gasteiger partial charge in [-0.25, -0.2) is 4.52 Å². The summed E-state index contributed by atoms with van der Waals surface area (Å²) in [7, 11) is 0. The lowest BCUT2D eigenvalue weighted by Gasteiger charge is -2.36. The van der Waals surface area contributed by atoms with Gasteiger partial charge in [-0.05, 0) is 48.0 Å². The molecule has 10 nitrogen and oxygen atoms in total. The number of nitrogens with one attached hydrogen (secondary N) is 2. The number of rotatable bonds is 8. The maximum atomic E-state index is 12.9. The van der Waals surface area contributed by atoms with Crippen molar-refractivity contribution in [2.45, 2.75) is 25.6 Å². The number of hydrogen-bond donors (Lipinski definition) is 3. The van der Waals surface area contributed by atoms with E-state index in [0.29, 0.717) is 17.8 Å². The first-order valence-electron chi connectivity index (χ1n) is 12.4. The molecular weight excluding hydrogens is 529 g/mol. The number of pyridine rings is 1. The molecule has 0 bridgehead atoms. The van der Waals surface area contributed by atoms with E-state index in [1.165, 1.54) is 27.6 Å². The van der Waals surface area contributed by atoms with Crippen LogP contribution in [0.1, 0.15) is 23.7 Å². The first kappa shape index (κ1) is 26.9. The van der Waals surface area contributed by atoms with E-state index in [4.69, 9.17) is 4.74 Å². The molecule has 1 aliphatic rings. The fourth-order valence-corrected chi connectivity index (χ4v) is 4.06. The number of alkyl halides is 3. The summed E-state index contributed by atoms with van der Waals surface area (Å²) in [6, 6.07) is 15.0. The fourth-order valence-electron chi connectivity index (χ4n) is 4.06. The molecule has 13 heteroatoms. The number of likely N-dealkylation sites (tertiary alicyclic amines) is 1. The van der Waals surface area contributed by atoms with Gasteiger partial charge in [-0.1, -0.05) is 19.1 Å². The minimum atomic E-state index is -4.59. The van der Waals surface area contributed by atoms with Crippen molar-refractivity contribution < 1.29 is 32.6 Å². The molecule has 0 unspecified atom stereocenters. The number of anilines is 3. The van der Waals surface area contributed by atoms with Gasteiger partial charge in [0.25, 0.3) is 5.91 Å². The SMILES string of the molecule is CCC(=O)Nc1ccc(-c2ccc3nc(Nc4ccc(C(=O)N5CC(O)C5)cc4OCC(F)(F)F)nn3c2)cc1. The molecule has 1 aliphatic heterocycles. The van der Waals surface area contributed by atoms with Crippen LogP contribution in [0.15, 0.2) is 60.8 Å². The van der Waals surface area contributed by atoms with Crippen LogP contribution in [0.25, 0.3) is 16.8 Å². The summed E-state index contributed by atoms with van der Waals surface area (Å²) < 4.78 is 45.3. The molecule has 208 valence electrons. The lowest BCUT2D eigenvalue weighted by atomic mass is 10.1. The van der Waals surface area contributed by atoms with Gasteiger partial charge in [0.2, 0.25) is 11.9 Å². The Morgan fingerprint density at radius 1 is 1.07 bits per heavy atom. The molecule has 5 rings (SSSR count). The Morgan fingerprint density at radius 2 is 1.80 bits per heavy atom. The van der Waals surface area contributed by atoms with E-state index in [2.05, 4.69) is 20.7 Å². The highest BCUT2D eigenvalue weighted by Gasteiger charge is 2.31. The van der Waals surface area contributed by atoms with Crippen LogP contribution in [0.2, 0.25) is 0 Å². The van der Waals surface area contributed by atoms with Gasteiger partial charge in [0, 0.05) is 42.5 Å². The summed E-state index contributed by atoms with van der Waals surface area (Å²) in [5.41, 5.74) is 3.14. The molecule has 3 N–H and O–H groups in total. The van der Waals surface area contributed by atoms with E-state index in [1.807, 2.05) is 18.2 Å². The molecular formula is C27H25F3N6O4. The Hall–Kier alpha value is -4.65. The van der Waals surface area contributed by atoms with Crippen molar-refractivity contribution in [1.29, 1.82) is 0 Å². The predicted molar refractivity (Wildman–Crippen MR) is 141 cm³/mol. The Balaban J connectivity index is 1.37. The second kappa shape index (κ2) is 10.8. The Morgan fingerprint density at radius 3 is 2.48 bits per heavy atom. The minimum Gasteiger partial charge on any atom is -0.482 e. The van der Waals surface area contributed by atoms with Crippen LogP contribution in [0.5, 0.6) is 5.75 Å². The number of carbonyl (C=O) groups is 2. The largest absolute Gasteiger partial charge is 0.482 e. The Kier molecular flexibility index (Phi) is 7.30. The highest BCUT2D eigenvalue weighted by molar-refractivity contribution is 5.96. The number of fused-ring (bicyclic) bond motifs is 1. The first-order chi connectivity index (χ1) is 19.1. The zero-order valence-corrected chi connectivity index (χ0v) is 21.3. The third-order valence-corrected chi connectivity index (χ3v) is 6.17. The number of nitrogens with zero attached hydrogens (tertiary/aromatic N) is 4. The van der Waals surface area contributed by atoms with E-state index in [1.54, 1.807) is 31.3 Å². The quantitative estimate of drug-likeness (QED) is 0.298. The van der Waals surface area contributed by atoms with Crippen molar-refractivity contribution in [3.8, 4) is 16.9 Å². The maximum Gasteiger partial charge on any atom is 0.422 e. The smallest absolute Gasteiger partial charge is 0.422 e. The first-order valence-corrected chi connectivity index (χ1v) is 12.4. The zero-order chi connectivity index (χ0) is 28.4. The Labute approximate surface area is 226 Å². The van der Waals surface area contributed by atoms with Crippen LogP contribution in [0.3, 0.4) is 0 Å². The van der Waals surface area contributed by atoms with Crippen molar-refractivity contribution in [2.75, 3.05) is 30.3 Å². The van der Waals surface area contributed by atoms with E-state index in [-0.39, 0.29) is 41.9 Å². The van der Waals surface area contributed by atoms with Crippen LogP contribution in [0, 0.1) is 0 Å². The standard InChI is InChI=1S/C27H25F3N6O4/c1-2-24(38)31-19-7-3-16(4-8-19)18-6-10-23-33-26(34-36(23)12-18)32-21-9-5-17(25(39)35-13-20(37)14-35)11-22(21)40-15-27(28,29)30/h3-12,20,37H,2,13-15H2,1H3,(H,31,38)(H,32,34). The average molecular weight is 555 g/mol. The van der Waals surface area contributed by atoms with Crippen LogP contribution in [-0.4, -0.2) is 68.4 Å². The number of benzene rings is 2. The summed E-state index contributed by atoms with van der Waals surface area (Å²) >= 11 is 0. The summed E-state index contributed by atoms with van der Waals surface area (Å²) in [6.07, 6.45) is -3.07. The predicted octanol–water partition coefficient (Wildman–Crippen LogP) is 4.25. The monoisotopic (exact) mass is 554 g/mol. The summed E-state index contributed by atoms with van der Waals surface area (Å²) in [5.74, 6) is -0.593. The molecule has 0 radical (unpaired) electrons. The third-order valence-electron chi connectivity index (χ3n) is 6.17. The third kappa shape index (κ3) is 6.15. The van der Waals surface area contributed by atoms with E-state index < -0.39 is 24.8 Å². The van der Waals surface area contributed by atoms with E-state index in [9.17, 15) is 27.9 Å². The molecule has 2 aromatic carbocycles. The molecule has 1 fully saturated rings. The van der Waals surface area contributed by atoms with Crippen molar-refractivity contribution in [1.82, 2.24) is 19.5 Å². The van der Waals surface area contributed by atoms with Crippen molar-refractivity contribution in [3.05, 3.63) is 66.4 Å². The number of carbonyl (C=O) groups excluding carboxylic acids is 2. The number of ether oxygens (including phenoxy) is 1. The molecule has 0 spiro atoms. The van der Waals surface area contributed by atoms with Gasteiger partial charge in [0.1, 0.15) is 5.75 Å². The Bertz CT molecular complexity index is 1550. The second-order valence-electron chi connectivity index (χ2n) is 9.24. The average Bonchev–Trinajstić information content (AvgIpc) is 3.31. The molecule has 2 amide bonds. The molecule has 4 aromatic rings. The van der Waals surface area contributed by atoms with E-state index in [0.717, 1.165) is 11.1 Å². The summed E-state index contributed by atoms with van der Waals surface area (Å²) in [4.78, 5) is 30.0.